The lowest BCUT2D eigenvalue weighted by Gasteiger charge is -2.16. The van der Waals surface area contributed by atoms with Crippen LogP contribution in [0.3, 0.4) is 0 Å². The summed E-state index contributed by atoms with van der Waals surface area (Å²) >= 11 is 0. The van der Waals surface area contributed by atoms with Crippen molar-refractivity contribution >= 4 is 5.69 Å². The monoisotopic (exact) mass is 288 g/mol. The van der Waals surface area contributed by atoms with Crippen molar-refractivity contribution < 1.29 is 4.92 Å². The molecule has 2 aromatic rings. The predicted molar refractivity (Wildman–Crippen MR) is 81.2 cm³/mol. The zero-order valence-corrected chi connectivity index (χ0v) is 12.5. The van der Waals surface area contributed by atoms with Crippen molar-refractivity contribution in [3.8, 4) is 0 Å². The summed E-state index contributed by atoms with van der Waals surface area (Å²) in [5.74, 6) is 0. The highest BCUT2D eigenvalue weighted by Gasteiger charge is 2.27. The van der Waals surface area contributed by atoms with Gasteiger partial charge in [0.1, 0.15) is 11.4 Å². The number of nitro groups is 1. The number of likely N-dealkylation sites (N-methyl/N-ethyl adjacent to an activating group) is 1. The standard InChI is InChI=1S/C15H20N4O2/c1-4-12-15(19(20)21)14(18(3)17-12)10-13(16-2)11-8-6-5-7-9-11/h5-9,13,16H,4,10H2,1-3H3. The molecule has 0 aliphatic rings. The van der Waals surface area contributed by atoms with Gasteiger partial charge in [0.15, 0.2) is 0 Å². The first-order valence-corrected chi connectivity index (χ1v) is 6.99. The van der Waals surface area contributed by atoms with Crippen LogP contribution in [0.5, 0.6) is 0 Å². The van der Waals surface area contributed by atoms with E-state index in [0.717, 1.165) is 5.56 Å². The van der Waals surface area contributed by atoms with Crippen LogP contribution in [0.15, 0.2) is 30.3 Å². The minimum Gasteiger partial charge on any atom is -0.313 e. The number of benzene rings is 1. The maximum atomic E-state index is 11.4. The van der Waals surface area contributed by atoms with Gasteiger partial charge in [-0.2, -0.15) is 5.10 Å². The van der Waals surface area contributed by atoms with Crippen molar-refractivity contribution in [3.63, 3.8) is 0 Å². The van der Waals surface area contributed by atoms with Gasteiger partial charge >= 0.3 is 5.69 Å². The third-order valence-electron chi connectivity index (χ3n) is 3.67. The first kappa shape index (κ1) is 15.2. The molecular weight excluding hydrogens is 268 g/mol. The summed E-state index contributed by atoms with van der Waals surface area (Å²) in [6, 6.07) is 9.94. The van der Waals surface area contributed by atoms with Crippen molar-refractivity contribution in [3.05, 3.63) is 57.4 Å². The SMILES string of the molecule is CCc1nn(C)c(CC(NC)c2ccccc2)c1[N+](=O)[O-]. The molecule has 21 heavy (non-hydrogen) atoms. The van der Waals surface area contributed by atoms with Crippen molar-refractivity contribution in [1.82, 2.24) is 15.1 Å². The fraction of sp³-hybridized carbons (Fsp3) is 0.400. The van der Waals surface area contributed by atoms with Crippen LogP contribution in [-0.2, 0) is 19.9 Å². The Balaban J connectivity index is 2.38. The Hall–Kier alpha value is -2.21. The van der Waals surface area contributed by atoms with E-state index in [4.69, 9.17) is 0 Å². The molecule has 0 spiro atoms. The first-order chi connectivity index (χ1) is 10.1. The molecule has 0 saturated heterocycles. The molecule has 0 aliphatic heterocycles. The molecular formula is C15H20N4O2. The average Bonchev–Trinajstić information content (AvgIpc) is 2.81. The van der Waals surface area contributed by atoms with Gasteiger partial charge in [-0.05, 0) is 19.0 Å². The second-order valence-electron chi connectivity index (χ2n) is 4.93. The summed E-state index contributed by atoms with van der Waals surface area (Å²) in [4.78, 5) is 11.0. The third kappa shape index (κ3) is 3.11. The van der Waals surface area contributed by atoms with E-state index in [1.165, 1.54) is 0 Å². The highest BCUT2D eigenvalue weighted by Crippen LogP contribution is 2.28. The molecule has 1 atom stereocenters. The molecule has 0 amide bonds. The van der Waals surface area contributed by atoms with Crippen LogP contribution in [0.1, 0.15) is 29.9 Å². The Bertz CT molecular complexity index is 622. The van der Waals surface area contributed by atoms with E-state index in [9.17, 15) is 10.1 Å². The average molecular weight is 288 g/mol. The molecule has 0 saturated carbocycles. The number of hydrogen-bond acceptors (Lipinski definition) is 4. The lowest BCUT2D eigenvalue weighted by molar-refractivity contribution is -0.386. The lowest BCUT2D eigenvalue weighted by Crippen LogP contribution is -2.20. The van der Waals surface area contributed by atoms with E-state index < -0.39 is 0 Å². The molecule has 6 nitrogen and oxygen atoms in total. The molecule has 1 N–H and O–H groups in total. The number of nitrogens with zero attached hydrogens (tertiary/aromatic N) is 3. The molecule has 0 radical (unpaired) electrons. The summed E-state index contributed by atoms with van der Waals surface area (Å²) < 4.78 is 1.63. The van der Waals surface area contributed by atoms with E-state index >= 15 is 0 Å². The van der Waals surface area contributed by atoms with Crippen LogP contribution in [0.25, 0.3) is 0 Å². The second-order valence-corrected chi connectivity index (χ2v) is 4.93. The van der Waals surface area contributed by atoms with Crippen molar-refractivity contribution in [2.75, 3.05) is 7.05 Å². The Kier molecular flexibility index (Phi) is 4.70. The van der Waals surface area contributed by atoms with Gasteiger partial charge in [0, 0.05) is 19.5 Å². The van der Waals surface area contributed by atoms with Gasteiger partial charge in [0.25, 0.3) is 0 Å². The molecule has 1 heterocycles. The van der Waals surface area contributed by atoms with Gasteiger partial charge in [-0.25, -0.2) is 0 Å². The third-order valence-corrected chi connectivity index (χ3v) is 3.67. The van der Waals surface area contributed by atoms with Gasteiger partial charge < -0.3 is 5.32 Å². The topological polar surface area (TPSA) is 73.0 Å². The minimum atomic E-state index is -0.321. The largest absolute Gasteiger partial charge is 0.313 e. The second kappa shape index (κ2) is 6.49. The summed E-state index contributed by atoms with van der Waals surface area (Å²) in [5.41, 5.74) is 2.45. The molecule has 1 aromatic carbocycles. The Morgan fingerprint density at radius 2 is 2.05 bits per heavy atom. The fourth-order valence-corrected chi connectivity index (χ4v) is 2.55. The molecule has 1 unspecified atom stereocenters. The van der Waals surface area contributed by atoms with Gasteiger partial charge in [-0.15, -0.1) is 0 Å². The van der Waals surface area contributed by atoms with E-state index in [1.807, 2.05) is 44.3 Å². The molecule has 0 aliphatic carbocycles. The summed E-state index contributed by atoms with van der Waals surface area (Å²) in [5, 5.41) is 18.9. The summed E-state index contributed by atoms with van der Waals surface area (Å²) in [6.07, 6.45) is 1.08. The summed E-state index contributed by atoms with van der Waals surface area (Å²) in [6.45, 7) is 1.88. The molecule has 1 aromatic heterocycles. The number of rotatable bonds is 6. The van der Waals surface area contributed by atoms with Crippen LogP contribution in [0, 0.1) is 10.1 Å². The summed E-state index contributed by atoms with van der Waals surface area (Å²) in [7, 11) is 3.62. The maximum Gasteiger partial charge on any atom is 0.313 e. The van der Waals surface area contributed by atoms with Crippen molar-refractivity contribution in [1.29, 1.82) is 0 Å². The van der Waals surface area contributed by atoms with Gasteiger partial charge in [0.2, 0.25) is 0 Å². The Labute approximate surface area is 123 Å². The maximum absolute atomic E-state index is 11.4. The van der Waals surface area contributed by atoms with E-state index in [0.29, 0.717) is 24.2 Å². The van der Waals surface area contributed by atoms with E-state index in [-0.39, 0.29) is 16.7 Å². The molecule has 6 heteroatoms. The Morgan fingerprint density at radius 3 is 2.57 bits per heavy atom. The van der Waals surface area contributed by atoms with Crippen molar-refractivity contribution in [2.45, 2.75) is 25.8 Å². The van der Waals surface area contributed by atoms with Crippen LogP contribution >= 0.6 is 0 Å². The zero-order valence-electron chi connectivity index (χ0n) is 12.5. The smallest absolute Gasteiger partial charge is 0.313 e. The number of aryl methyl sites for hydroxylation is 2. The Morgan fingerprint density at radius 1 is 1.38 bits per heavy atom. The van der Waals surface area contributed by atoms with Crippen molar-refractivity contribution in [2.24, 2.45) is 7.05 Å². The minimum absolute atomic E-state index is 0.0185. The number of aromatic nitrogens is 2. The molecule has 0 bridgehead atoms. The number of nitrogens with one attached hydrogen (secondary N) is 1. The van der Waals surface area contributed by atoms with Crippen LogP contribution in [-0.4, -0.2) is 21.8 Å². The fourth-order valence-electron chi connectivity index (χ4n) is 2.55. The van der Waals surface area contributed by atoms with E-state index in [2.05, 4.69) is 10.4 Å². The zero-order chi connectivity index (χ0) is 15.4. The quantitative estimate of drug-likeness (QED) is 0.654. The number of hydrogen-bond donors (Lipinski definition) is 1. The van der Waals surface area contributed by atoms with E-state index in [1.54, 1.807) is 11.7 Å². The highest BCUT2D eigenvalue weighted by atomic mass is 16.6. The molecule has 112 valence electrons. The lowest BCUT2D eigenvalue weighted by atomic mass is 10.0. The molecule has 2 rings (SSSR count). The molecule has 0 fully saturated rings. The van der Waals surface area contributed by atoms with Crippen LogP contribution in [0.4, 0.5) is 5.69 Å². The normalized spacial score (nSPS) is 12.3. The van der Waals surface area contributed by atoms with Gasteiger partial charge in [0.05, 0.1) is 4.92 Å². The van der Waals surface area contributed by atoms with Crippen LogP contribution in [0.2, 0.25) is 0 Å². The van der Waals surface area contributed by atoms with Crippen LogP contribution < -0.4 is 5.32 Å². The van der Waals surface area contributed by atoms with Gasteiger partial charge in [-0.3, -0.25) is 14.8 Å². The first-order valence-electron chi connectivity index (χ1n) is 6.99. The highest BCUT2D eigenvalue weighted by molar-refractivity contribution is 5.42. The van der Waals surface area contributed by atoms with Gasteiger partial charge in [-0.1, -0.05) is 37.3 Å². The predicted octanol–water partition coefficient (Wildman–Crippen LogP) is 2.39.